The fraction of sp³-hybridized carbons (Fsp3) is 0.333. The summed E-state index contributed by atoms with van der Waals surface area (Å²) in [6.07, 6.45) is 2.46. The Morgan fingerprint density at radius 3 is 2.67 bits per heavy atom. The maximum Gasteiger partial charge on any atom is 0.0913 e. The molecule has 0 unspecified atom stereocenters. The van der Waals surface area contributed by atoms with Gasteiger partial charge in [0.25, 0.3) is 0 Å². The fourth-order valence-electron chi connectivity index (χ4n) is 0.842. The molecule has 6 heteroatoms. The minimum Gasteiger partial charge on any atom is -0.388 e. The minimum atomic E-state index is 0. The van der Waals surface area contributed by atoms with Crippen molar-refractivity contribution in [2.75, 3.05) is 5.75 Å². The van der Waals surface area contributed by atoms with Crippen LogP contribution < -0.4 is 5.73 Å². The van der Waals surface area contributed by atoms with Crippen molar-refractivity contribution in [3.8, 4) is 0 Å². The third kappa shape index (κ3) is 8.54. The van der Waals surface area contributed by atoms with Crippen molar-refractivity contribution in [2.24, 2.45) is 5.73 Å². The zero-order valence-corrected chi connectivity index (χ0v) is 10.6. The van der Waals surface area contributed by atoms with Crippen molar-refractivity contribution in [3.63, 3.8) is 0 Å². The van der Waals surface area contributed by atoms with Gasteiger partial charge in [-0.3, -0.25) is 10.4 Å². The predicted molar refractivity (Wildman–Crippen MR) is 71.4 cm³/mol. The Balaban J connectivity index is 0. The molecule has 0 fully saturated rings. The summed E-state index contributed by atoms with van der Waals surface area (Å²) in [4.78, 5) is 4.19. The molecule has 3 N–H and O–H groups in total. The van der Waals surface area contributed by atoms with Gasteiger partial charge in [-0.25, -0.2) is 0 Å². The van der Waals surface area contributed by atoms with E-state index in [1.54, 1.807) is 18.0 Å². The van der Waals surface area contributed by atoms with Crippen LogP contribution in [0.1, 0.15) is 12.1 Å². The van der Waals surface area contributed by atoms with Crippen molar-refractivity contribution in [1.82, 2.24) is 4.98 Å². The van der Waals surface area contributed by atoms with Crippen molar-refractivity contribution in [1.29, 1.82) is 5.41 Å². The molecule has 0 aliphatic heterocycles. The van der Waals surface area contributed by atoms with Crippen molar-refractivity contribution >= 4 is 42.4 Å². The van der Waals surface area contributed by atoms with Crippen LogP contribution in [0.25, 0.3) is 0 Å². The number of amidine groups is 1. The Hall–Kier alpha value is -0.450. The average molecular weight is 268 g/mol. The first-order chi connectivity index (χ1) is 6.29. The summed E-state index contributed by atoms with van der Waals surface area (Å²) in [5.41, 5.74) is 6.31. The Labute approximate surface area is 107 Å². The third-order valence-electron chi connectivity index (χ3n) is 1.49. The molecule has 1 heterocycles. The summed E-state index contributed by atoms with van der Waals surface area (Å²) in [6, 6.07) is 5.89. The molecule has 3 nitrogen and oxygen atoms in total. The lowest BCUT2D eigenvalue weighted by Crippen LogP contribution is -2.09. The largest absolute Gasteiger partial charge is 0.388 e. The molecule has 0 saturated heterocycles. The van der Waals surface area contributed by atoms with Crippen LogP contribution in [-0.2, 0) is 5.75 Å². The van der Waals surface area contributed by atoms with Gasteiger partial charge in [-0.2, -0.15) is 11.8 Å². The summed E-state index contributed by atoms with van der Waals surface area (Å²) < 4.78 is 0. The highest BCUT2D eigenvalue weighted by atomic mass is 35.5. The van der Waals surface area contributed by atoms with Gasteiger partial charge in [0, 0.05) is 24.1 Å². The molecule has 1 rings (SSSR count). The van der Waals surface area contributed by atoms with E-state index in [4.69, 9.17) is 11.1 Å². The fourth-order valence-corrected chi connectivity index (χ4v) is 1.73. The van der Waals surface area contributed by atoms with Crippen LogP contribution in [0.5, 0.6) is 0 Å². The minimum absolute atomic E-state index is 0. The highest BCUT2D eigenvalue weighted by Crippen LogP contribution is 2.09. The molecule has 0 aliphatic rings. The molecule has 0 bridgehead atoms. The van der Waals surface area contributed by atoms with E-state index in [9.17, 15) is 0 Å². The summed E-state index contributed by atoms with van der Waals surface area (Å²) in [6.45, 7) is 0. The monoisotopic (exact) mass is 267 g/mol. The molecular formula is C9H15Cl2N3S. The molecular weight excluding hydrogens is 253 g/mol. The molecule has 0 spiro atoms. The highest BCUT2D eigenvalue weighted by molar-refractivity contribution is 7.98. The average Bonchev–Trinajstić information content (AvgIpc) is 2.14. The Bertz CT molecular complexity index is 269. The first kappa shape index (κ1) is 17.0. The lowest BCUT2D eigenvalue weighted by molar-refractivity contribution is 1.16. The maximum atomic E-state index is 7.03. The van der Waals surface area contributed by atoms with Gasteiger partial charge in [-0.15, -0.1) is 24.8 Å². The standard InChI is InChI=1S/C9H13N3S.2ClH/c10-9(11)4-6-13-7-8-3-1-2-5-12-8;;/h1-3,5H,4,6-7H2,(H3,10,11);2*1H. The topological polar surface area (TPSA) is 62.8 Å². The van der Waals surface area contributed by atoms with Crippen molar-refractivity contribution in [2.45, 2.75) is 12.2 Å². The molecule has 0 radical (unpaired) electrons. The predicted octanol–water partition coefficient (Wildman–Crippen LogP) is 2.48. The van der Waals surface area contributed by atoms with E-state index < -0.39 is 0 Å². The smallest absolute Gasteiger partial charge is 0.0913 e. The molecule has 1 aromatic rings. The summed E-state index contributed by atoms with van der Waals surface area (Å²) in [5.74, 6) is 2.05. The number of pyridine rings is 1. The number of halogens is 2. The number of hydrogen-bond donors (Lipinski definition) is 2. The second-order valence-corrected chi connectivity index (χ2v) is 3.75. The lowest BCUT2D eigenvalue weighted by Gasteiger charge is -1.99. The van der Waals surface area contributed by atoms with E-state index in [0.717, 1.165) is 17.2 Å². The molecule has 0 saturated carbocycles. The highest BCUT2D eigenvalue weighted by Gasteiger charge is 1.94. The number of aromatic nitrogens is 1. The summed E-state index contributed by atoms with van der Waals surface area (Å²) in [7, 11) is 0. The van der Waals surface area contributed by atoms with Crippen LogP contribution in [0, 0.1) is 5.41 Å². The van der Waals surface area contributed by atoms with Gasteiger partial charge in [0.15, 0.2) is 0 Å². The molecule has 0 atom stereocenters. The Kier molecular flexibility index (Phi) is 11.4. The van der Waals surface area contributed by atoms with Crippen molar-refractivity contribution in [3.05, 3.63) is 30.1 Å². The van der Waals surface area contributed by atoms with Gasteiger partial charge in [-0.1, -0.05) is 6.07 Å². The first-order valence-electron chi connectivity index (χ1n) is 4.09. The SMILES string of the molecule is Cl.Cl.N=C(N)CCSCc1ccccn1. The van der Waals surface area contributed by atoms with Crippen LogP contribution in [0.4, 0.5) is 0 Å². The first-order valence-corrected chi connectivity index (χ1v) is 5.25. The molecule has 15 heavy (non-hydrogen) atoms. The van der Waals surface area contributed by atoms with E-state index in [2.05, 4.69) is 4.98 Å². The number of thioether (sulfide) groups is 1. The Morgan fingerprint density at radius 1 is 1.40 bits per heavy atom. The molecule has 0 aliphatic carbocycles. The number of rotatable bonds is 5. The zero-order valence-electron chi connectivity index (χ0n) is 8.18. The van der Waals surface area contributed by atoms with E-state index in [1.807, 2.05) is 18.2 Å². The second-order valence-electron chi connectivity index (χ2n) is 2.65. The van der Waals surface area contributed by atoms with Gasteiger partial charge in [-0.05, 0) is 12.1 Å². The lowest BCUT2D eigenvalue weighted by atomic mass is 10.4. The van der Waals surface area contributed by atoms with Crippen LogP contribution in [0.3, 0.4) is 0 Å². The van der Waals surface area contributed by atoms with Crippen molar-refractivity contribution < 1.29 is 0 Å². The van der Waals surface area contributed by atoms with Crippen LogP contribution in [0.2, 0.25) is 0 Å². The number of nitrogens with two attached hydrogens (primary N) is 1. The van der Waals surface area contributed by atoms with E-state index in [-0.39, 0.29) is 30.6 Å². The zero-order chi connectivity index (χ0) is 9.52. The Morgan fingerprint density at radius 2 is 2.13 bits per heavy atom. The van der Waals surface area contributed by atoms with E-state index >= 15 is 0 Å². The van der Waals surface area contributed by atoms with Gasteiger partial charge in [0.05, 0.1) is 11.5 Å². The van der Waals surface area contributed by atoms with Gasteiger partial charge in [0.1, 0.15) is 0 Å². The van der Waals surface area contributed by atoms with Crippen LogP contribution in [0.15, 0.2) is 24.4 Å². The number of hydrogen-bond acceptors (Lipinski definition) is 3. The molecule has 0 aromatic carbocycles. The van der Waals surface area contributed by atoms with Gasteiger partial charge in [0.2, 0.25) is 0 Å². The van der Waals surface area contributed by atoms with Gasteiger partial charge < -0.3 is 5.73 Å². The summed E-state index contributed by atoms with van der Waals surface area (Å²) >= 11 is 1.75. The second kappa shape index (κ2) is 10.1. The van der Waals surface area contributed by atoms with Crippen LogP contribution in [-0.4, -0.2) is 16.6 Å². The summed E-state index contributed by atoms with van der Waals surface area (Å²) in [5, 5.41) is 7.03. The quantitative estimate of drug-likeness (QED) is 0.490. The third-order valence-corrected chi connectivity index (χ3v) is 2.48. The maximum absolute atomic E-state index is 7.03. The number of nitrogens with zero attached hydrogens (tertiary/aromatic N) is 1. The normalized spacial score (nSPS) is 8.53. The van der Waals surface area contributed by atoms with Gasteiger partial charge >= 0.3 is 0 Å². The van der Waals surface area contributed by atoms with E-state index in [1.165, 1.54) is 0 Å². The number of nitrogens with one attached hydrogen (secondary N) is 1. The molecule has 86 valence electrons. The molecule has 1 aromatic heterocycles. The molecule has 0 amide bonds. The van der Waals surface area contributed by atoms with E-state index in [0.29, 0.717) is 6.42 Å². The van der Waals surface area contributed by atoms with Crippen LogP contribution >= 0.6 is 36.6 Å².